The van der Waals surface area contributed by atoms with E-state index in [4.69, 9.17) is 9.47 Å². The highest BCUT2D eigenvalue weighted by molar-refractivity contribution is 5.94. The second-order valence-electron chi connectivity index (χ2n) is 7.59. The second kappa shape index (κ2) is 10.9. The molecule has 0 unspecified atom stereocenters. The molecule has 0 atom stereocenters. The lowest BCUT2D eigenvalue weighted by Gasteiger charge is -2.38. The topological polar surface area (TPSA) is 102 Å². The number of hydrogen-bond donors (Lipinski definition) is 0. The lowest BCUT2D eigenvalue weighted by atomic mass is 10.0. The van der Waals surface area contributed by atoms with Gasteiger partial charge in [0.15, 0.2) is 0 Å². The van der Waals surface area contributed by atoms with E-state index >= 15 is 0 Å². The van der Waals surface area contributed by atoms with E-state index < -0.39 is 23.4 Å². The van der Waals surface area contributed by atoms with Gasteiger partial charge in [0.2, 0.25) is 5.91 Å². The molecule has 1 fully saturated rings. The molecule has 0 aromatic carbocycles. The van der Waals surface area contributed by atoms with Crippen LogP contribution >= 0.6 is 0 Å². The van der Waals surface area contributed by atoms with Gasteiger partial charge >= 0.3 is 18.0 Å². The third-order valence-corrected chi connectivity index (χ3v) is 4.26. The van der Waals surface area contributed by atoms with Crippen LogP contribution in [0.3, 0.4) is 0 Å². The van der Waals surface area contributed by atoms with E-state index in [0.717, 1.165) is 0 Å². The van der Waals surface area contributed by atoms with E-state index in [2.05, 4.69) is 4.74 Å². The van der Waals surface area contributed by atoms with Gasteiger partial charge in [-0.3, -0.25) is 14.4 Å². The number of methoxy groups -OCH3 is 1. The summed E-state index contributed by atoms with van der Waals surface area (Å²) in [6.07, 6.45) is 0.354. The normalized spacial score (nSPS) is 15.0. The van der Waals surface area contributed by atoms with Crippen molar-refractivity contribution in [1.82, 2.24) is 9.80 Å². The Morgan fingerprint density at radius 1 is 1.07 bits per heavy atom. The fourth-order valence-corrected chi connectivity index (χ4v) is 2.94. The van der Waals surface area contributed by atoms with Crippen LogP contribution in [0.25, 0.3) is 0 Å². The molecule has 0 aliphatic carbocycles. The molecule has 0 saturated carbocycles. The first-order chi connectivity index (χ1) is 13.1. The maximum absolute atomic E-state index is 12.6. The van der Waals surface area contributed by atoms with Crippen LogP contribution < -0.4 is 0 Å². The molecule has 1 aliphatic rings. The standard InChI is InChI=1S/C19H32N2O7/c1-6-27-16(23)9-12-21(15(22)13-17(24)26-5)14-7-10-20(11-8-14)18(25)28-19(2,3)4/h14H,6-13H2,1-5H3. The molecule has 9 heteroatoms. The van der Waals surface area contributed by atoms with Crippen LogP contribution in [-0.2, 0) is 28.6 Å². The van der Waals surface area contributed by atoms with Crippen LogP contribution in [0.4, 0.5) is 4.79 Å². The van der Waals surface area contributed by atoms with Crippen LogP contribution in [0.5, 0.6) is 0 Å². The van der Waals surface area contributed by atoms with Gasteiger partial charge in [-0.2, -0.15) is 0 Å². The molecular weight excluding hydrogens is 368 g/mol. The highest BCUT2D eigenvalue weighted by Gasteiger charge is 2.32. The van der Waals surface area contributed by atoms with Crippen LogP contribution in [0.2, 0.25) is 0 Å². The summed E-state index contributed by atoms with van der Waals surface area (Å²) < 4.78 is 14.9. The lowest BCUT2D eigenvalue weighted by Crippen LogP contribution is -2.50. The quantitative estimate of drug-likeness (QED) is 0.364. The van der Waals surface area contributed by atoms with Crippen molar-refractivity contribution in [3.63, 3.8) is 0 Å². The number of amides is 2. The highest BCUT2D eigenvalue weighted by Crippen LogP contribution is 2.20. The number of ether oxygens (including phenoxy) is 3. The average Bonchev–Trinajstić information content (AvgIpc) is 2.61. The minimum atomic E-state index is -0.627. The summed E-state index contributed by atoms with van der Waals surface area (Å²) in [6.45, 7) is 8.42. The van der Waals surface area contributed by atoms with Crippen LogP contribution in [0.15, 0.2) is 0 Å². The fraction of sp³-hybridized carbons (Fsp3) is 0.789. The van der Waals surface area contributed by atoms with Crippen LogP contribution in [-0.4, -0.2) is 78.7 Å². The summed E-state index contributed by atoms with van der Waals surface area (Å²) in [6, 6.07) is -0.176. The molecular formula is C19H32N2O7. The number of rotatable bonds is 7. The second-order valence-corrected chi connectivity index (χ2v) is 7.59. The molecule has 28 heavy (non-hydrogen) atoms. The van der Waals surface area contributed by atoms with Gasteiger partial charge in [-0.15, -0.1) is 0 Å². The molecule has 0 aromatic rings. The Balaban J connectivity index is 2.71. The molecule has 1 heterocycles. The maximum atomic E-state index is 12.6. The number of nitrogens with zero attached hydrogens (tertiary/aromatic N) is 2. The molecule has 1 rings (SSSR count). The molecule has 9 nitrogen and oxygen atoms in total. The van der Waals surface area contributed by atoms with E-state index in [0.29, 0.717) is 25.9 Å². The van der Waals surface area contributed by atoms with E-state index in [-0.39, 0.29) is 38.1 Å². The number of hydrogen-bond acceptors (Lipinski definition) is 7. The van der Waals surface area contributed by atoms with Crippen molar-refractivity contribution in [1.29, 1.82) is 0 Å². The van der Waals surface area contributed by atoms with Crippen molar-refractivity contribution in [2.75, 3.05) is 33.4 Å². The average molecular weight is 400 g/mol. The van der Waals surface area contributed by atoms with Crippen LogP contribution in [0.1, 0.15) is 53.4 Å². The number of likely N-dealkylation sites (tertiary alicyclic amines) is 1. The first-order valence-corrected chi connectivity index (χ1v) is 9.57. The Morgan fingerprint density at radius 3 is 2.18 bits per heavy atom. The Labute approximate surface area is 166 Å². The first-order valence-electron chi connectivity index (χ1n) is 9.57. The predicted octanol–water partition coefficient (Wildman–Crippen LogP) is 1.73. The predicted molar refractivity (Wildman–Crippen MR) is 100 cm³/mol. The van der Waals surface area contributed by atoms with Crippen molar-refractivity contribution in [3.05, 3.63) is 0 Å². The zero-order chi connectivity index (χ0) is 21.3. The van der Waals surface area contributed by atoms with Crippen molar-refractivity contribution < 1.29 is 33.4 Å². The van der Waals surface area contributed by atoms with E-state index in [1.807, 2.05) is 0 Å². The van der Waals surface area contributed by atoms with Gasteiger partial charge in [-0.1, -0.05) is 0 Å². The molecule has 2 amide bonds. The first kappa shape index (κ1) is 23.7. The van der Waals surface area contributed by atoms with E-state index in [1.165, 1.54) is 12.0 Å². The van der Waals surface area contributed by atoms with Crippen LogP contribution in [0, 0.1) is 0 Å². The number of carbonyl (C=O) groups excluding carboxylic acids is 4. The Hall–Kier alpha value is -2.32. The smallest absolute Gasteiger partial charge is 0.410 e. The zero-order valence-electron chi connectivity index (χ0n) is 17.5. The summed E-state index contributed by atoms with van der Waals surface area (Å²) in [4.78, 5) is 51.1. The number of esters is 2. The summed E-state index contributed by atoms with van der Waals surface area (Å²) in [7, 11) is 1.22. The Morgan fingerprint density at radius 2 is 1.68 bits per heavy atom. The lowest BCUT2D eigenvalue weighted by molar-refractivity contribution is -0.148. The fourth-order valence-electron chi connectivity index (χ4n) is 2.94. The summed E-state index contributed by atoms with van der Waals surface area (Å²) >= 11 is 0. The van der Waals surface area contributed by atoms with Crippen molar-refractivity contribution >= 4 is 23.9 Å². The van der Waals surface area contributed by atoms with Gasteiger partial charge in [0.1, 0.15) is 12.0 Å². The summed E-state index contributed by atoms with van der Waals surface area (Å²) in [5.74, 6) is -1.42. The molecule has 0 N–H and O–H groups in total. The van der Waals surface area contributed by atoms with Gasteiger partial charge in [0.25, 0.3) is 0 Å². The largest absolute Gasteiger partial charge is 0.469 e. The molecule has 1 saturated heterocycles. The Kier molecular flexibility index (Phi) is 9.21. The third-order valence-electron chi connectivity index (χ3n) is 4.26. The van der Waals surface area contributed by atoms with Gasteiger partial charge < -0.3 is 24.0 Å². The van der Waals surface area contributed by atoms with Crippen molar-refractivity contribution in [3.8, 4) is 0 Å². The molecule has 0 spiro atoms. The van der Waals surface area contributed by atoms with Crippen molar-refractivity contribution in [2.45, 2.75) is 65.0 Å². The molecule has 0 aromatic heterocycles. The van der Waals surface area contributed by atoms with E-state index in [9.17, 15) is 19.2 Å². The zero-order valence-corrected chi connectivity index (χ0v) is 17.5. The van der Waals surface area contributed by atoms with Gasteiger partial charge in [-0.05, 0) is 40.5 Å². The summed E-state index contributed by atoms with van der Waals surface area (Å²) in [5.41, 5.74) is -0.573. The van der Waals surface area contributed by atoms with Crippen molar-refractivity contribution in [2.24, 2.45) is 0 Å². The minimum absolute atomic E-state index is 0.0486. The van der Waals surface area contributed by atoms with Gasteiger partial charge in [0.05, 0.1) is 20.1 Å². The number of piperidine rings is 1. The summed E-state index contributed by atoms with van der Waals surface area (Å²) in [5, 5.41) is 0. The SMILES string of the molecule is CCOC(=O)CCN(C(=O)CC(=O)OC)C1CCN(C(=O)OC(C)(C)C)CC1. The molecule has 1 aliphatic heterocycles. The maximum Gasteiger partial charge on any atom is 0.410 e. The number of carbonyl (C=O) groups is 4. The van der Waals surface area contributed by atoms with Gasteiger partial charge in [-0.25, -0.2) is 4.79 Å². The van der Waals surface area contributed by atoms with E-state index in [1.54, 1.807) is 32.6 Å². The third kappa shape index (κ3) is 8.14. The van der Waals surface area contributed by atoms with Gasteiger partial charge in [0, 0.05) is 25.7 Å². The molecule has 0 bridgehead atoms. The highest BCUT2D eigenvalue weighted by atomic mass is 16.6. The molecule has 160 valence electrons. The minimum Gasteiger partial charge on any atom is -0.469 e. The molecule has 0 radical (unpaired) electrons. The Bertz CT molecular complexity index is 563. The monoisotopic (exact) mass is 400 g/mol.